The van der Waals surface area contributed by atoms with Gasteiger partial charge in [-0.05, 0) is 37.6 Å². The quantitative estimate of drug-likeness (QED) is 0.823. The Kier molecular flexibility index (Phi) is 2.50. The van der Waals surface area contributed by atoms with Gasteiger partial charge in [0.05, 0.1) is 0 Å². The Hall–Kier alpha value is -1.55. The molecule has 0 amide bonds. The predicted octanol–water partition coefficient (Wildman–Crippen LogP) is 1.85. The molecular weight excluding hydrogens is 202 g/mol. The summed E-state index contributed by atoms with van der Waals surface area (Å²) in [7, 11) is 0. The molecule has 84 valence electrons. The van der Waals surface area contributed by atoms with Gasteiger partial charge in [-0.2, -0.15) is 4.98 Å². The van der Waals surface area contributed by atoms with Gasteiger partial charge in [0.15, 0.2) is 5.58 Å². The number of hydrogen-bond acceptors (Lipinski definition) is 4. The molecule has 0 radical (unpaired) electrons. The molecule has 1 saturated heterocycles. The first-order chi connectivity index (χ1) is 7.92. The van der Waals surface area contributed by atoms with Crippen LogP contribution < -0.4 is 10.6 Å². The van der Waals surface area contributed by atoms with Crippen LogP contribution >= 0.6 is 0 Å². The summed E-state index contributed by atoms with van der Waals surface area (Å²) in [6.07, 6.45) is 1.23. The van der Waals surface area contributed by atoms with E-state index in [1.54, 1.807) is 0 Å². The number of fused-ring (bicyclic) bond motifs is 1. The van der Waals surface area contributed by atoms with Crippen LogP contribution in [-0.2, 0) is 0 Å². The van der Waals surface area contributed by atoms with E-state index < -0.39 is 0 Å². The predicted molar refractivity (Wildman–Crippen MR) is 63.5 cm³/mol. The molecule has 4 heteroatoms. The zero-order chi connectivity index (χ0) is 10.8. The first-order valence-electron chi connectivity index (χ1n) is 5.72. The van der Waals surface area contributed by atoms with Crippen molar-refractivity contribution in [2.75, 3.05) is 25.0 Å². The fourth-order valence-electron chi connectivity index (χ4n) is 2.07. The Morgan fingerprint density at radius 1 is 1.44 bits per heavy atom. The Balaban J connectivity index is 1.69. The second-order valence-electron chi connectivity index (χ2n) is 4.23. The van der Waals surface area contributed by atoms with Gasteiger partial charge in [0.1, 0.15) is 5.52 Å². The van der Waals surface area contributed by atoms with E-state index in [0.717, 1.165) is 30.7 Å². The Morgan fingerprint density at radius 2 is 2.38 bits per heavy atom. The summed E-state index contributed by atoms with van der Waals surface area (Å²) in [5.74, 6) is 0.690. The van der Waals surface area contributed by atoms with Crippen molar-refractivity contribution in [3.05, 3.63) is 24.3 Å². The lowest BCUT2D eigenvalue weighted by atomic mass is 10.1. The Morgan fingerprint density at radius 3 is 3.19 bits per heavy atom. The first kappa shape index (κ1) is 9.66. The molecule has 1 aliphatic rings. The molecule has 0 unspecified atom stereocenters. The molecular formula is C12H15N3O. The lowest BCUT2D eigenvalue weighted by Gasteiger charge is -2.07. The van der Waals surface area contributed by atoms with Gasteiger partial charge in [0, 0.05) is 6.54 Å². The van der Waals surface area contributed by atoms with E-state index in [-0.39, 0.29) is 0 Å². The number of anilines is 1. The van der Waals surface area contributed by atoms with Crippen molar-refractivity contribution in [3.8, 4) is 0 Å². The van der Waals surface area contributed by atoms with E-state index in [0.29, 0.717) is 11.9 Å². The van der Waals surface area contributed by atoms with Gasteiger partial charge in [0.2, 0.25) is 0 Å². The highest BCUT2D eigenvalue weighted by Gasteiger charge is 2.14. The average Bonchev–Trinajstić information content (AvgIpc) is 2.95. The van der Waals surface area contributed by atoms with Gasteiger partial charge in [-0.1, -0.05) is 12.1 Å². The van der Waals surface area contributed by atoms with Crippen LogP contribution in [0.3, 0.4) is 0 Å². The van der Waals surface area contributed by atoms with Crippen LogP contribution in [0.15, 0.2) is 28.7 Å². The van der Waals surface area contributed by atoms with E-state index in [4.69, 9.17) is 4.42 Å². The van der Waals surface area contributed by atoms with Crippen molar-refractivity contribution in [2.45, 2.75) is 6.42 Å². The molecule has 2 aromatic rings. The smallest absolute Gasteiger partial charge is 0.295 e. The summed E-state index contributed by atoms with van der Waals surface area (Å²) in [4.78, 5) is 4.38. The maximum Gasteiger partial charge on any atom is 0.295 e. The fourth-order valence-corrected chi connectivity index (χ4v) is 2.07. The molecule has 1 aliphatic heterocycles. The number of oxazole rings is 1. The number of aromatic nitrogens is 1. The zero-order valence-electron chi connectivity index (χ0n) is 9.07. The molecule has 0 saturated carbocycles. The van der Waals surface area contributed by atoms with Gasteiger partial charge in [-0.3, -0.25) is 0 Å². The van der Waals surface area contributed by atoms with Crippen LogP contribution in [0.25, 0.3) is 11.1 Å². The largest absolute Gasteiger partial charge is 0.424 e. The second-order valence-corrected chi connectivity index (χ2v) is 4.23. The molecule has 1 fully saturated rings. The summed E-state index contributed by atoms with van der Waals surface area (Å²) >= 11 is 0. The first-order valence-corrected chi connectivity index (χ1v) is 5.72. The van der Waals surface area contributed by atoms with Crippen molar-refractivity contribution in [3.63, 3.8) is 0 Å². The number of hydrogen-bond donors (Lipinski definition) is 2. The number of benzene rings is 1. The number of rotatable bonds is 3. The molecule has 3 rings (SSSR count). The molecule has 1 aromatic carbocycles. The zero-order valence-corrected chi connectivity index (χ0v) is 9.07. The van der Waals surface area contributed by atoms with Crippen LogP contribution in [0.1, 0.15) is 6.42 Å². The maximum atomic E-state index is 5.59. The maximum absolute atomic E-state index is 5.59. The van der Waals surface area contributed by atoms with Crippen LogP contribution in [0.4, 0.5) is 6.01 Å². The topological polar surface area (TPSA) is 50.1 Å². The average molecular weight is 217 g/mol. The van der Waals surface area contributed by atoms with E-state index in [1.165, 1.54) is 6.42 Å². The lowest BCUT2D eigenvalue weighted by Crippen LogP contribution is -2.17. The summed E-state index contributed by atoms with van der Waals surface area (Å²) in [5, 5.41) is 6.60. The molecule has 16 heavy (non-hydrogen) atoms. The van der Waals surface area contributed by atoms with Crippen molar-refractivity contribution in [2.24, 2.45) is 5.92 Å². The molecule has 2 heterocycles. The fraction of sp³-hybridized carbons (Fsp3) is 0.417. The van der Waals surface area contributed by atoms with Crippen LogP contribution in [-0.4, -0.2) is 24.6 Å². The van der Waals surface area contributed by atoms with Gasteiger partial charge in [-0.15, -0.1) is 0 Å². The highest BCUT2D eigenvalue weighted by atomic mass is 16.4. The minimum atomic E-state index is 0.633. The normalized spacial score (nSPS) is 20.4. The van der Waals surface area contributed by atoms with Crippen LogP contribution in [0.2, 0.25) is 0 Å². The van der Waals surface area contributed by atoms with E-state index in [1.807, 2.05) is 24.3 Å². The highest BCUT2D eigenvalue weighted by Crippen LogP contribution is 2.18. The van der Waals surface area contributed by atoms with Gasteiger partial charge in [0.25, 0.3) is 6.01 Å². The SMILES string of the molecule is c1ccc2oc(NC[C@H]3CCNC3)nc2c1. The van der Waals surface area contributed by atoms with Crippen molar-refractivity contribution in [1.82, 2.24) is 10.3 Å². The van der Waals surface area contributed by atoms with Crippen molar-refractivity contribution in [1.29, 1.82) is 0 Å². The highest BCUT2D eigenvalue weighted by molar-refractivity contribution is 5.74. The van der Waals surface area contributed by atoms with E-state index in [2.05, 4.69) is 15.6 Å². The third-order valence-corrected chi connectivity index (χ3v) is 3.00. The molecule has 1 aromatic heterocycles. The molecule has 2 N–H and O–H groups in total. The van der Waals surface area contributed by atoms with Gasteiger partial charge >= 0.3 is 0 Å². The number of nitrogens with zero attached hydrogens (tertiary/aromatic N) is 1. The molecule has 0 spiro atoms. The third kappa shape index (κ3) is 1.88. The molecule has 1 atom stereocenters. The summed E-state index contributed by atoms with van der Waals surface area (Å²) in [6.45, 7) is 3.15. The molecule has 4 nitrogen and oxygen atoms in total. The van der Waals surface area contributed by atoms with Gasteiger partial charge < -0.3 is 15.1 Å². The molecule has 0 bridgehead atoms. The summed E-state index contributed by atoms with van der Waals surface area (Å²) in [6, 6.07) is 8.45. The van der Waals surface area contributed by atoms with E-state index in [9.17, 15) is 0 Å². The minimum absolute atomic E-state index is 0.633. The van der Waals surface area contributed by atoms with E-state index >= 15 is 0 Å². The lowest BCUT2D eigenvalue weighted by molar-refractivity contribution is 0.574. The Labute approximate surface area is 94.0 Å². The minimum Gasteiger partial charge on any atom is -0.424 e. The van der Waals surface area contributed by atoms with Crippen LogP contribution in [0.5, 0.6) is 0 Å². The second kappa shape index (κ2) is 4.14. The van der Waals surface area contributed by atoms with Gasteiger partial charge in [-0.25, -0.2) is 0 Å². The monoisotopic (exact) mass is 217 g/mol. The number of para-hydroxylation sites is 2. The van der Waals surface area contributed by atoms with Crippen molar-refractivity contribution >= 4 is 17.1 Å². The van der Waals surface area contributed by atoms with Crippen molar-refractivity contribution < 1.29 is 4.42 Å². The number of nitrogens with one attached hydrogen (secondary N) is 2. The Bertz CT molecular complexity index is 441. The summed E-state index contributed by atoms with van der Waals surface area (Å²) < 4.78 is 5.59. The molecule has 0 aliphatic carbocycles. The standard InChI is InChI=1S/C12H15N3O/c1-2-4-11-10(3-1)15-12(16-11)14-8-9-5-6-13-7-9/h1-4,9,13H,5-8H2,(H,14,15)/t9-/m0/s1. The third-order valence-electron chi connectivity index (χ3n) is 3.00. The summed E-state index contributed by atoms with van der Waals surface area (Å²) in [5.41, 5.74) is 1.75. The van der Waals surface area contributed by atoms with Crippen LogP contribution in [0, 0.1) is 5.92 Å².